The fourth-order valence-corrected chi connectivity index (χ4v) is 10.2. The molecular formula is C47H53N3O23. The van der Waals surface area contributed by atoms with Crippen LogP contribution in [0.25, 0.3) is 0 Å². The fourth-order valence-electron chi connectivity index (χ4n) is 10.2. The first-order valence-corrected chi connectivity index (χ1v) is 22.8. The molecule has 0 spiro atoms. The number of carbonyl (C=O) groups excluding carboxylic acids is 5. The topological polar surface area (TPSA) is 368 Å². The summed E-state index contributed by atoms with van der Waals surface area (Å²) in [5.74, 6) is -5.29. The number of nitro benzene ring substituents is 1. The van der Waals surface area contributed by atoms with Gasteiger partial charge in [-0.1, -0.05) is 12.1 Å². The summed E-state index contributed by atoms with van der Waals surface area (Å²) < 4.78 is 51.4. The van der Waals surface area contributed by atoms with Gasteiger partial charge in [-0.15, -0.1) is 0 Å². The van der Waals surface area contributed by atoms with E-state index in [9.17, 15) is 69.8 Å². The average molecular weight is 1030 g/mol. The van der Waals surface area contributed by atoms with Crippen LogP contribution in [0.15, 0.2) is 30.3 Å². The molecule has 0 radical (unpaired) electrons. The Morgan fingerprint density at radius 1 is 0.959 bits per heavy atom. The molecule has 394 valence electrons. The summed E-state index contributed by atoms with van der Waals surface area (Å²) in [6, 6.07) is 3.98. The minimum atomic E-state index is -1.89. The first-order valence-electron chi connectivity index (χ1n) is 22.8. The third kappa shape index (κ3) is 9.27. The zero-order chi connectivity index (χ0) is 53.0. The minimum absolute atomic E-state index is 0.0353. The Balaban J connectivity index is 1.01. The lowest BCUT2D eigenvalue weighted by molar-refractivity contribution is -0.386. The van der Waals surface area contributed by atoms with Gasteiger partial charge < -0.3 is 83.7 Å². The van der Waals surface area contributed by atoms with Crippen LogP contribution in [0.2, 0.25) is 0 Å². The summed E-state index contributed by atoms with van der Waals surface area (Å²) in [6.45, 7) is 0.0648. The summed E-state index contributed by atoms with van der Waals surface area (Å²) in [5.41, 5.74) is -4.31. The van der Waals surface area contributed by atoms with E-state index in [1.54, 1.807) is 6.92 Å². The monoisotopic (exact) mass is 1030 g/mol. The number of aliphatic hydroxyl groups is 5. The van der Waals surface area contributed by atoms with Gasteiger partial charge in [0.05, 0.1) is 72.3 Å². The molecule has 5 aliphatic rings. The largest absolute Gasteiger partial charge is 0.507 e. The van der Waals surface area contributed by atoms with Crippen LogP contribution in [-0.2, 0) is 44.4 Å². The quantitative estimate of drug-likeness (QED) is 0.0445. The number of hydrogen-bond acceptors (Lipinski definition) is 23. The third-order valence-electron chi connectivity index (χ3n) is 13.9. The number of ether oxygens (including phenoxy) is 9. The van der Waals surface area contributed by atoms with Crippen LogP contribution in [0.1, 0.15) is 87.4 Å². The second kappa shape index (κ2) is 20.7. The lowest BCUT2D eigenvalue weighted by Gasteiger charge is -2.43. The van der Waals surface area contributed by atoms with Crippen molar-refractivity contribution < 1.29 is 107 Å². The van der Waals surface area contributed by atoms with Crippen molar-refractivity contribution in [1.82, 2.24) is 10.2 Å². The number of aliphatic hydroxyl groups excluding tert-OH is 5. The maximum absolute atomic E-state index is 14.2. The van der Waals surface area contributed by atoms with Gasteiger partial charge in [0, 0.05) is 43.1 Å². The molecule has 3 aromatic rings. The van der Waals surface area contributed by atoms with Crippen molar-refractivity contribution in [2.45, 2.75) is 106 Å². The Labute approximate surface area is 413 Å². The second-order valence-corrected chi connectivity index (χ2v) is 17.9. The number of benzene rings is 3. The summed E-state index contributed by atoms with van der Waals surface area (Å²) in [4.78, 5) is 81.3. The van der Waals surface area contributed by atoms with Crippen molar-refractivity contribution in [1.29, 1.82) is 0 Å². The Bertz CT molecular complexity index is 2720. The molecule has 8 rings (SSSR count). The van der Waals surface area contributed by atoms with E-state index in [0.717, 1.165) is 12.1 Å². The molecule has 2 amide bonds. The van der Waals surface area contributed by atoms with Crippen LogP contribution < -0.4 is 19.5 Å². The van der Waals surface area contributed by atoms with Crippen molar-refractivity contribution in [2.75, 3.05) is 47.9 Å². The van der Waals surface area contributed by atoms with Gasteiger partial charge in [-0.2, -0.15) is 0 Å². The number of nitrogens with zero attached hydrogens (tertiary/aromatic N) is 2. The van der Waals surface area contributed by atoms with Gasteiger partial charge in [0.25, 0.3) is 11.6 Å². The lowest BCUT2D eigenvalue weighted by atomic mass is 9.71. The highest BCUT2D eigenvalue weighted by Gasteiger charge is 2.53. The Morgan fingerprint density at radius 2 is 1.67 bits per heavy atom. The molecule has 73 heavy (non-hydrogen) atoms. The summed E-state index contributed by atoms with van der Waals surface area (Å²) in [6.07, 6.45) is -14.2. The number of hydrogen-bond donors (Lipinski definition) is 8. The van der Waals surface area contributed by atoms with E-state index in [1.807, 2.05) is 0 Å². The van der Waals surface area contributed by atoms with Crippen LogP contribution in [0.3, 0.4) is 0 Å². The highest BCUT2D eigenvalue weighted by Crippen LogP contribution is 2.53. The average Bonchev–Trinajstić information content (AvgIpc) is 3.82. The lowest BCUT2D eigenvalue weighted by Crippen LogP contribution is -2.64. The number of phenolic OH excluding ortho intramolecular Hbond substituents is 2. The van der Waals surface area contributed by atoms with Crippen molar-refractivity contribution in [2.24, 2.45) is 0 Å². The SMILES string of the molecule is COc1cc(C(C)OC(=O)N2CO[C@@H]3[C@H](C)O[C@@H](O[C@H]4C[C@](OC)(C(=O)CO)Cc5c(O)c6c(c(O)c54)C(=O)c4c(OC)cccc4C6=O)C[C@@H]32)c([N+](=O)[O-])cc1OCC(=O)N[C@@H]1[C@@H](O)[C@H](O)[C@@H](CO)O[C@H]1O. The van der Waals surface area contributed by atoms with Crippen molar-refractivity contribution >= 4 is 35.0 Å². The third-order valence-corrected chi connectivity index (χ3v) is 13.9. The predicted molar refractivity (Wildman–Crippen MR) is 240 cm³/mol. The highest BCUT2D eigenvalue weighted by molar-refractivity contribution is 6.31. The number of ketones is 3. The smallest absolute Gasteiger partial charge is 0.412 e. The molecule has 2 aliphatic carbocycles. The molecule has 3 saturated heterocycles. The minimum Gasteiger partial charge on any atom is -0.507 e. The maximum atomic E-state index is 14.2. The first-order chi connectivity index (χ1) is 34.7. The van der Waals surface area contributed by atoms with Crippen LogP contribution >= 0.6 is 0 Å². The van der Waals surface area contributed by atoms with Gasteiger partial charge in [-0.3, -0.25) is 34.2 Å². The van der Waals surface area contributed by atoms with Crippen molar-refractivity contribution in [3.8, 4) is 28.7 Å². The molecule has 1 unspecified atom stereocenters. The number of aromatic hydroxyl groups is 2. The molecule has 3 aromatic carbocycles. The van der Waals surface area contributed by atoms with E-state index in [-0.39, 0.29) is 58.2 Å². The van der Waals surface area contributed by atoms with Crippen LogP contribution in [0.4, 0.5) is 10.5 Å². The molecule has 26 heteroatoms. The number of amides is 2. The number of phenols is 2. The Kier molecular flexibility index (Phi) is 15.0. The number of Topliss-reactive ketones (excluding diaryl/α,β-unsaturated/α-hetero) is 1. The zero-order valence-electron chi connectivity index (χ0n) is 39.7. The molecule has 8 N–H and O–H groups in total. The fraction of sp³-hybridized carbons (Fsp3) is 0.511. The summed E-state index contributed by atoms with van der Waals surface area (Å²) >= 11 is 0. The predicted octanol–water partition coefficient (Wildman–Crippen LogP) is 0.104. The van der Waals surface area contributed by atoms with Gasteiger partial charge >= 0.3 is 6.09 Å². The van der Waals surface area contributed by atoms with Crippen molar-refractivity contribution in [3.05, 3.63) is 79.4 Å². The Morgan fingerprint density at radius 3 is 2.33 bits per heavy atom. The first kappa shape index (κ1) is 52.7. The standard InChI is InChI=1S/C47H53N3O23/c1-18(21-9-26(66-4)27(10-23(21)50(63)64)68-16-31(54)48-37-43(60)40(57)29(14-51)73-45(37)61)71-46(62)49-17-69-44-19(2)70-32(11-24(44)49)72-28-13-47(67-5,30(53)15-52)12-22-34(28)42(59)36-35(39(22)56)38(55)20-7-6-8-25(65-3)33(20)41(36)58/h6-10,18-19,24,28-29,32,37,40,43-45,51-52,56-57,59-61H,11-17H2,1-5H3,(H,48,54)/t18?,19-,24-,28-,29+,32-,37+,40+,43+,44+,45+,47-/m0/s1. The summed E-state index contributed by atoms with van der Waals surface area (Å²) in [5, 5.41) is 88.7. The normalized spacial score (nSPS) is 28.7. The molecule has 0 aromatic heterocycles. The molecule has 0 saturated carbocycles. The van der Waals surface area contributed by atoms with Gasteiger partial charge in [0.1, 0.15) is 72.7 Å². The van der Waals surface area contributed by atoms with Crippen LogP contribution in [0.5, 0.6) is 28.7 Å². The van der Waals surface area contributed by atoms with Gasteiger partial charge in [0.15, 0.2) is 42.3 Å². The number of carbonyl (C=O) groups is 5. The van der Waals surface area contributed by atoms with Crippen LogP contribution in [0, 0.1) is 10.1 Å². The molecule has 12 atom stereocenters. The molecule has 3 aliphatic heterocycles. The van der Waals surface area contributed by atoms with E-state index in [1.165, 1.54) is 51.4 Å². The Hall–Kier alpha value is -6.59. The zero-order valence-corrected chi connectivity index (χ0v) is 39.7. The van der Waals surface area contributed by atoms with E-state index in [4.69, 9.17) is 42.6 Å². The molecule has 26 nitrogen and oxygen atoms in total. The van der Waals surface area contributed by atoms with Gasteiger partial charge in [0.2, 0.25) is 5.78 Å². The van der Waals surface area contributed by atoms with Crippen molar-refractivity contribution in [3.63, 3.8) is 0 Å². The van der Waals surface area contributed by atoms with E-state index < -0.39 is 168 Å². The number of fused-ring (bicyclic) bond motifs is 4. The van der Waals surface area contributed by atoms with Crippen LogP contribution in [-0.4, -0.2) is 184 Å². The van der Waals surface area contributed by atoms with E-state index in [2.05, 4.69) is 5.32 Å². The summed E-state index contributed by atoms with van der Waals surface area (Å²) in [7, 11) is 3.69. The maximum Gasteiger partial charge on any atom is 0.412 e. The molecular weight excluding hydrogens is 975 g/mol. The molecule has 3 heterocycles. The van der Waals surface area contributed by atoms with Gasteiger partial charge in [-0.05, 0) is 26.0 Å². The molecule has 0 bridgehead atoms. The van der Waals surface area contributed by atoms with Gasteiger partial charge in [-0.25, -0.2) is 4.79 Å². The number of methoxy groups -OCH3 is 3. The number of rotatable bonds is 15. The molecule has 3 fully saturated rings. The number of nitrogens with one attached hydrogen (secondary N) is 1. The highest BCUT2D eigenvalue weighted by atomic mass is 16.7. The van der Waals surface area contributed by atoms with E-state index >= 15 is 0 Å². The number of nitro groups is 1. The second-order valence-electron chi connectivity index (χ2n) is 17.9. The van der Waals surface area contributed by atoms with E-state index in [0.29, 0.717) is 0 Å².